The smallest absolute Gasteiger partial charge is 0.274 e. The first-order valence-corrected chi connectivity index (χ1v) is 8.63. The second kappa shape index (κ2) is 7.41. The maximum Gasteiger partial charge on any atom is 0.274 e. The molecule has 2 N–H and O–H groups in total. The first-order valence-electron chi connectivity index (χ1n) is 7.14. The highest BCUT2D eigenvalue weighted by atomic mass is 32.2. The van der Waals surface area contributed by atoms with Crippen LogP contribution in [0, 0.1) is 12.7 Å². The van der Waals surface area contributed by atoms with Crippen molar-refractivity contribution in [2.45, 2.75) is 18.7 Å². The van der Waals surface area contributed by atoms with Gasteiger partial charge < -0.3 is 0 Å². The van der Waals surface area contributed by atoms with E-state index in [0.717, 1.165) is 6.07 Å². The molecule has 2 aromatic rings. The number of hydroxylamine groups is 1. The minimum Gasteiger partial charge on any atom is -0.280 e. The summed E-state index contributed by atoms with van der Waals surface area (Å²) in [4.78, 5) is 16.4. The number of sulfonamides is 1. The minimum atomic E-state index is -3.84. The van der Waals surface area contributed by atoms with Crippen LogP contribution in [0.1, 0.15) is 22.8 Å². The van der Waals surface area contributed by atoms with Crippen molar-refractivity contribution in [1.29, 1.82) is 0 Å². The van der Waals surface area contributed by atoms with E-state index in [9.17, 15) is 17.6 Å². The molecule has 0 heterocycles. The molecule has 0 bridgehead atoms. The Morgan fingerprint density at radius 2 is 1.83 bits per heavy atom. The van der Waals surface area contributed by atoms with Crippen LogP contribution in [-0.4, -0.2) is 20.9 Å². The molecule has 128 valence electrons. The number of aryl methyl sites for hydroxylation is 1. The highest BCUT2D eigenvalue weighted by Gasteiger charge is 2.16. The molecular formula is C16H17FN2O4S. The van der Waals surface area contributed by atoms with Crippen LogP contribution in [-0.2, 0) is 14.9 Å². The summed E-state index contributed by atoms with van der Waals surface area (Å²) in [5.74, 6) is -0.904. The first-order chi connectivity index (χ1) is 11.3. The molecule has 0 saturated heterocycles. The second-order valence-electron chi connectivity index (χ2n) is 4.96. The van der Waals surface area contributed by atoms with Gasteiger partial charge in [0.1, 0.15) is 5.82 Å². The number of amides is 1. The summed E-state index contributed by atoms with van der Waals surface area (Å²) in [7, 11) is -3.84. The van der Waals surface area contributed by atoms with E-state index in [4.69, 9.17) is 4.84 Å². The average molecular weight is 352 g/mol. The van der Waals surface area contributed by atoms with E-state index in [2.05, 4.69) is 10.2 Å². The van der Waals surface area contributed by atoms with Gasteiger partial charge in [-0.15, -0.1) is 0 Å². The molecular weight excluding hydrogens is 335 g/mol. The lowest BCUT2D eigenvalue weighted by molar-refractivity contribution is 0.0364. The number of carbonyl (C=O) groups is 1. The summed E-state index contributed by atoms with van der Waals surface area (Å²) in [5, 5.41) is 0. The Morgan fingerprint density at radius 1 is 1.17 bits per heavy atom. The predicted octanol–water partition coefficient (Wildman–Crippen LogP) is 2.62. The Labute approximate surface area is 139 Å². The van der Waals surface area contributed by atoms with Crippen LogP contribution >= 0.6 is 0 Å². The second-order valence-corrected chi connectivity index (χ2v) is 6.64. The van der Waals surface area contributed by atoms with E-state index in [1.165, 1.54) is 43.3 Å². The van der Waals surface area contributed by atoms with Crippen molar-refractivity contribution in [3.05, 3.63) is 59.4 Å². The summed E-state index contributed by atoms with van der Waals surface area (Å²) in [6.45, 7) is 3.55. The van der Waals surface area contributed by atoms with Crippen LogP contribution in [0.15, 0.2) is 47.4 Å². The van der Waals surface area contributed by atoms with Gasteiger partial charge in [-0.05, 0) is 61.9 Å². The zero-order chi connectivity index (χ0) is 17.7. The van der Waals surface area contributed by atoms with Crippen molar-refractivity contribution in [3.8, 4) is 0 Å². The molecule has 0 aliphatic heterocycles. The third-order valence-electron chi connectivity index (χ3n) is 3.15. The van der Waals surface area contributed by atoms with Gasteiger partial charge in [-0.25, -0.2) is 18.3 Å². The van der Waals surface area contributed by atoms with E-state index in [0.29, 0.717) is 12.2 Å². The molecule has 2 rings (SSSR count). The number of hydrogen-bond donors (Lipinski definition) is 2. The summed E-state index contributed by atoms with van der Waals surface area (Å²) < 4.78 is 40.2. The zero-order valence-corrected chi connectivity index (χ0v) is 14.0. The van der Waals surface area contributed by atoms with Crippen LogP contribution in [0.5, 0.6) is 0 Å². The molecule has 0 unspecified atom stereocenters. The Kier molecular flexibility index (Phi) is 5.53. The Morgan fingerprint density at radius 3 is 2.42 bits per heavy atom. The molecule has 0 radical (unpaired) electrons. The molecule has 8 heteroatoms. The van der Waals surface area contributed by atoms with Crippen molar-refractivity contribution in [2.24, 2.45) is 0 Å². The lowest BCUT2D eigenvalue weighted by Gasteiger charge is -2.10. The van der Waals surface area contributed by atoms with Gasteiger partial charge in [0.2, 0.25) is 0 Å². The van der Waals surface area contributed by atoms with Crippen LogP contribution in [0.3, 0.4) is 0 Å². The Hall–Kier alpha value is -2.45. The molecule has 0 aromatic heterocycles. The normalized spacial score (nSPS) is 11.1. The fourth-order valence-corrected chi connectivity index (χ4v) is 3.03. The number of benzene rings is 2. The maximum atomic E-state index is 13.3. The maximum absolute atomic E-state index is 13.3. The van der Waals surface area contributed by atoms with Gasteiger partial charge >= 0.3 is 0 Å². The number of halogens is 1. The predicted molar refractivity (Wildman–Crippen MR) is 87.5 cm³/mol. The van der Waals surface area contributed by atoms with Gasteiger partial charge in [-0.1, -0.05) is 0 Å². The third kappa shape index (κ3) is 4.30. The number of rotatable bonds is 6. The van der Waals surface area contributed by atoms with Crippen LogP contribution in [0.25, 0.3) is 0 Å². The van der Waals surface area contributed by atoms with Crippen molar-refractivity contribution in [2.75, 3.05) is 11.3 Å². The van der Waals surface area contributed by atoms with Crippen molar-refractivity contribution in [3.63, 3.8) is 0 Å². The largest absolute Gasteiger partial charge is 0.280 e. The number of nitrogens with one attached hydrogen (secondary N) is 2. The van der Waals surface area contributed by atoms with Gasteiger partial charge in [-0.3, -0.25) is 14.4 Å². The average Bonchev–Trinajstić information content (AvgIpc) is 2.55. The highest BCUT2D eigenvalue weighted by molar-refractivity contribution is 7.92. The Balaban J connectivity index is 2.15. The molecule has 0 aliphatic rings. The van der Waals surface area contributed by atoms with E-state index in [1.54, 1.807) is 6.92 Å². The van der Waals surface area contributed by atoms with Crippen LogP contribution in [0.2, 0.25) is 0 Å². The molecule has 0 spiro atoms. The van der Waals surface area contributed by atoms with Crippen LogP contribution in [0.4, 0.5) is 10.1 Å². The summed E-state index contributed by atoms with van der Waals surface area (Å²) in [6.07, 6.45) is 0. The number of carbonyl (C=O) groups excluding carboxylic acids is 1. The lowest BCUT2D eigenvalue weighted by atomic mass is 10.2. The lowest BCUT2D eigenvalue weighted by Crippen LogP contribution is -2.23. The minimum absolute atomic E-state index is 0.0421. The van der Waals surface area contributed by atoms with E-state index in [-0.39, 0.29) is 16.1 Å². The van der Waals surface area contributed by atoms with Gasteiger partial charge in [0, 0.05) is 11.3 Å². The van der Waals surface area contributed by atoms with Gasteiger partial charge in [0.05, 0.1) is 11.5 Å². The molecule has 0 atom stereocenters. The molecule has 0 aliphatic carbocycles. The topological polar surface area (TPSA) is 84.5 Å². The highest BCUT2D eigenvalue weighted by Crippen LogP contribution is 2.19. The van der Waals surface area contributed by atoms with Crippen molar-refractivity contribution < 1.29 is 22.4 Å². The van der Waals surface area contributed by atoms with Gasteiger partial charge in [0.15, 0.2) is 0 Å². The summed E-state index contributed by atoms with van der Waals surface area (Å²) in [6, 6.07) is 9.37. The van der Waals surface area contributed by atoms with E-state index >= 15 is 0 Å². The summed E-state index contributed by atoms with van der Waals surface area (Å²) >= 11 is 0. The molecule has 24 heavy (non-hydrogen) atoms. The fourth-order valence-electron chi connectivity index (χ4n) is 1.88. The van der Waals surface area contributed by atoms with Gasteiger partial charge in [-0.2, -0.15) is 0 Å². The molecule has 0 saturated carbocycles. The van der Waals surface area contributed by atoms with Crippen molar-refractivity contribution in [1.82, 2.24) is 5.48 Å². The SMILES string of the molecule is CCONC(=O)c1ccc(NS(=O)(=O)c2ccc(F)c(C)c2)cc1. The Bertz CT molecular complexity index is 836. The zero-order valence-electron chi connectivity index (χ0n) is 13.2. The van der Waals surface area contributed by atoms with E-state index in [1.807, 2.05) is 0 Å². The molecule has 6 nitrogen and oxygen atoms in total. The van der Waals surface area contributed by atoms with Crippen molar-refractivity contribution >= 4 is 21.6 Å². The van der Waals surface area contributed by atoms with E-state index < -0.39 is 21.7 Å². The quantitative estimate of drug-likeness (QED) is 0.783. The third-order valence-corrected chi connectivity index (χ3v) is 4.53. The number of hydrogen-bond acceptors (Lipinski definition) is 4. The number of anilines is 1. The standard InChI is InChI=1S/C16H17FN2O4S/c1-3-23-18-16(20)12-4-6-13(7-5-12)19-24(21,22)14-8-9-15(17)11(2)10-14/h4-10,19H,3H2,1-2H3,(H,18,20). The molecule has 0 fully saturated rings. The molecule has 2 aromatic carbocycles. The fraction of sp³-hybridized carbons (Fsp3) is 0.188. The monoisotopic (exact) mass is 352 g/mol. The van der Waals surface area contributed by atoms with Gasteiger partial charge in [0.25, 0.3) is 15.9 Å². The van der Waals surface area contributed by atoms with Crippen LogP contribution < -0.4 is 10.2 Å². The summed E-state index contributed by atoms with van der Waals surface area (Å²) in [5.41, 5.74) is 3.08. The molecule has 1 amide bonds. The first kappa shape index (κ1) is 17.9.